The van der Waals surface area contributed by atoms with Gasteiger partial charge in [0.15, 0.2) is 0 Å². The van der Waals surface area contributed by atoms with Crippen molar-refractivity contribution in [1.29, 1.82) is 0 Å². The molecule has 1 saturated carbocycles. The fourth-order valence-corrected chi connectivity index (χ4v) is 8.02. The van der Waals surface area contributed by atoms with E-state index in [4.69, 9.17) is 10.5 Å². The Bertz CT molecular complexity index is 1820. The van der Waals surface area contributed by atoms with E-state index >= 15 is 0 Å². The summed E-state index contributed by atoms with van der Waals surface area (Å²) in [5.74, 6) is -0.893. The lowest BCUT2D eigenvalue weighted by Crippen LogP contribution is -2.48. The maximum absolute atomic E-state index is 14.3. The van der Waals surface area contributed by atoms with Gasteiger partial charge < -0.3 is 20.9 Å². The van der Waals surface area contributed by atoms with E-state index in [2.05, 4.69) is 81.4 Å². The SMILES string of the molecule is CC1(C)CC(N2CCN(CCO)CC2)c2ccc(-c3ccc(CO[C@H]4CCC[C@@H]4NC(=O)c4cc(-c5cccnc5F)cnc4N)cc3)cc21. The van der Waals surface area contributed by atoms with Crippen LogP contribution >= 0.6 is 0 Å². The highest BCUT2D eigenvalue weighted by Gasteiger charge is 2.40. The Morgan fingerprint density at radius 3 is 2.56 bits per heavy atom. The highest BCUT2D eigenvalue weighted by atomic mass is 19.1. The van der Waals surface area contributed by atoms with Crippen LogP contribution in [0.15, 0.2) is 73.1 Å². The summed E-state index contributed by atoms with van der Waals surface area (Å²) < 4.78 is 20.7. The van der Waals surface area contributed by atoms with Gasteiger partial charge in [-0.25, -0.2) is 9.97 Å². The number of aromatic nitrogens is 2. The van der Waals surface area contributed by atoms with Gasteiger partial charge in [-0.05, 0) is 77.1 Å². The number of carbonyl (C=O) groups excluding carboxylic acids is 1. The van der Waals surface area contributed by atoms with Crippen molar-refractivity contribution < 1.29 is 19.0 Å². The van der Waals surface area contributed by atoms with Crippen molar-refractivity contribution in [3.8, 4) is 22.3 Å². The molecule has 2 aromatic carbocycles. The van der Waals surface area contributed by atoms with Crippen molar-refractivity contribution >= 4 is 11.7 Å². The highest BCUT2D eigenvalue weighted by Crippen LogP contribution is 2.48. The van der Waals surface area contributed by atoms with Gasteiger partial charge in [-0.3, -0.25) is 14.6 Å². The lowest BCUT2D eigenvalue weighted by atomic mass is 9.85. The molecule has 10 heteroatoms. The topological polar surface area (TPSA) is 117 Å². The Labute approximate surface area is 293 Å². The summed E-state index contributed by atoms with van der Waals surface area (Å²) in [7, 11) is 0. The first-order valence-corrected chi connectivity index (χ1v) is 17.8. The van der Waals surface area contributed by atoms with E-state index in [0.717, 1.165) is 64.0 Å². The molecule has 0 spiro atoms. The number of hydrogen-bond donors (Lipinski definition) is 3. The van der Waals surface area contributed by atoms with Crippen LogP contribution in [0.1, 0.15) is 72.6 Å². The molecule has 0 bridgehead atoms. The number of halogens is 1. The number of anilines is 1. The van der Waals surface area contributed by atoms with Gasteiger partial charge in [0.25, 0.3) is 5.91 Å². The van der Waals surface area contributed by atoms with Crippen LogP contribution in [0.2, 0.25) is 0 Å². The molecule has 3 aliphatic rings. The average molecular weight is 679 g/mol. The van der Waals surface area contributed by atoms with E-state index in [9.17, 15) is 14.3 Å². The number of aliphatic hydroxyl groups excluding tert-OH is 1. The van der Waals surface area contributed by atoms with Crippen molar-refractivity contribution in [2.45, 2.75) is 69.7 Å². The third-order valence-electron chi connectivity index (χ3n) is 10.9. The molecule has 50 heavy (non-hydrogen) atoms. The van der Waals surface area contributed by atoms with Crippen LogP contribution in [0.3, 0.4) is 0 Å². The molecule has 3 atom stereocenters. The summed E-state index contributed by atoms with van der Waals surface area (Å²) in [6.07, 6.45) is 6.41. The van der Waals surface area contributed by atoms with Gasteiger partial charge in [-0.2, -0.15) is 4.39 Å². The zero-order valence-corrected chi connectivity index (χ0v) is 28.9. The van der Waals surface area contributed by atoms with Crippen LogP contribution in [0, 0.1) is 5.95 Å². The number of ether oxygens (including phenoxy) is 1. The molecule has 2 aliphatic carbocycles. The number of nitrogens with zero attached hydrogens (tertiary/aromatic N) is 4. The largest absolute Gasteiger partial charge is 0.395 e. The molecule has 3 heterocycles. The van der Waals surface area contributed by atoms with Crippen LogP contribution in [0.4, 0.5) is 10.2 Å². The molecule has 2 aromatic heterocycles. The highest BCUT2D eigenvalue weighted by molar-refractivity contribution is 5.99. The zero-order chi connectivity index (χ0) is 34.8. The van der Waals surface area contributed by atoms with E-state index in [0.29, 0.717) is 18.2 Å². The number of hydrogen-bond acceptors (Lipinski definition) is 8. The second-order valence-corrected chi connectivity index (χ2v) is 14.6. The van der Waals surface area contributed by atoms with Crippen molar-refractivity contribution in [3.05, 3.63) is 101 Å². The molecule has 262 valence electrons. The van der Waals surface area contributed by atoms with E-state index in [1.807, 2.05) is 0 Å². The maximum atomic E-state index is 14.3. The van der Waals surface area contributed by atoms with E-state index in [1.165, 1.54) is 34.6 Å². The fourth-order valence-electron chi connectivity index (χ4n) is 8.02. The summed E-state index contributed by atoms with van der Waals surface area (Å²) in [6.45, 7) is 10.2. The third kappa shape index (κ3) is 7.16. The van der Waals surface area contributed by atoms with E-state index in [-0.39, 0.29) is 47.0 Å². The molecule has 2 fully saturated rings. The number of benzene rings is 2. The number of nitrogens with one attached hydrogen (secondary N) is 1. The van der Waals surface area contributed by atoms with Gasteiger partial charge >= 0.3 is 0 Å². The molecular weight excluding hydrogens is 631 g/mol. The number of rotatable bonds is 10. The first kappa shape index (κ1) is 34.2. The van der Waals surface area contributed by atoms with Gasteiger partial charge in [-0.15, -0.1) is 0 Å². The summed E-state index contributed by atoms with van der Waals surface area (Å²) >= 11 is 0. The van der Waals surface area contributed by atoms with Crippen LogP contribution in [0.25, 0.3) is 22.3 Å². The molecule has 4 N–H and O–H groups in total. The van der Waals surface area contributed by atoms with Crippen LogP contribution in [0.5, 0.6) is 0 Å². The first-order chi connectivity index (χ1) is 24.2. The Morgan fingerprint density at radius 1 is 1.02 bits per heavy atom. The molecule has 1 aliphatic heterocycles. The molecule has 1 unspecified atom stereocenters. The van der Waals surface area contributed by atoms with Crippen LogP contribution in [-0.4, -0.2) is 82.3 Å². The Hall–Kier alpha value is -4.22. The smallest absolute Gasteiger partial charge is 0.255 e. The maximum Gasteiger partial charge on any atom is 0.255 e. The number of pyridine rings is 2. The lowest BCUT2D eigenvalue weighted by molar-refractivity contribution is 0.0272. The number of nitrogens with two attached hydrogens (primary N) is 1. The predicted molar refractivity (Wildman–Crippen MR) is 193 cm³/mol. The zero-order valence-electron chi connectivity index (χ0n) is 28.9. The number of β-amino-alcohol motifs (C(OH)–C–C–N with tert-alkyl or cyclic N) is 1. The summed E-state index contributed by atoms with van der Waals surface area (Å²) in [5.41, 5.74) is 13.4. The summed E-state index contributed by atoms with van der Waals surface area (Å²) in [5, 5.41) is 12.4. The molecule has 9 nitrogen and oxygen atoms in total. The van der Waals surface area contributed by atoms with E-state index in [1.54, 1.807) is 18.2 Å². The molecule has 7 rings (SSSR count). The van der Waals surface area contributed by atoms with Gasteiger partial charge in [0.1, 0.15) is 5.82 Å². The average Bonchev–Trinajstić information content (AvgIpc) is 3.68. The quantitative estimate of drug-likeness (QED) is 0.182. The standard InChI is InChI=1S/C40H47FN6O3/c1-40(2)23-35(47-17-15-46(16-18-47)19-20-48)31-13-12-28(22-33(31)40)27-10-8-26(9-11-27)25-50-36-7-3-6-34(36)45-39(49)32-21-29(24-44-38(32)42)30-5-4-14-43-37(30)41/h4-5,8-14,21-22,24,34-36,48H,3,6-7,15-20,23,25H2,1-2H3,(H2,42,44)(H,45,49)/t34-,35?,36-/m0/s1. The minimum Gasteiger partial charge on any atom is -0.395 e. The lowest BCUT2D eigenvalue weighted by Gasteiger charge is -2.38. The monoisotopic (exact) mass is 678 g/mol. The van der Waals surface area contributed by atoms with Crippen molar-refractivity contribution in [2.75, 3.05) is 45.1 Å². The molecule has 0 radical (unpaired) electrons. The van der Waals surface area contributed by atoms with Crippen LogP contribution < -0.4 is 11.1 Å². The third-order valence-corrected chi connectivity index (χ3v) is 10.9. The number of amides is 1. The fraction of sp³-hybridized carbons (Fsp3) is 0.425. The number of piperazine rings is 1. The molecular formula is C40H47FN6O3. The van der Waals surface area contributed by atoms with Gasteiger partial charge in [0, 0.05) is 62.3 Å². The van der Waals surface area contributed by atoms with E-state index < -0.39 is 5.95 Å². The molecule has 1 amide bonds. The minimum atomic E-state index is -0.631. The normalized spacial score (nSPS) is 22.0. The summed E-state index contributed by atoms with van der Waals surface area (Å²) in [4.78, 5) is 26.2. The predicted octanol–water partition coefficient (Wildman–Crippen LogP) is 5.73. The Balaban J connectivity index is 0.972. The van der Waals surface area contributed by atoms with Crippen molar-refractivity contribution in [1.82, 2.24) is 25.1 Å². The second-order valence-electron chi connectivity index (χ2n) is 14.6. The van der Waals surface area contributed by atoms with Crippen molar-refractivity contribution in [2.24, 2.45) is 0 Å². The Kier molecular flexibility index (Phi) is 9.97. The number of fused-ring (bicyclic) bond motifs is 1. The first-order valence-electron chi connectivity index (χ1n) is 17.8. The van der Waals surface area contributed by atoms with Gasteiger partial charge in [0.2, 0.25) is 5.95 Å². The Morgan fingerprint density at radius 2 is 1.80 bits per heavy atom. The van der Waals surface area contributed by atoms with Crippen molar-refractivity contribution in [3.63, 3.8) is 0 Å². The molecule has 4 aromatic rings. The second kappa shape index (κ2) is 14.6. The molecule has 1 saturated heterocycles. The number of nitrogen functional groups attached to an aromatic ring is 1. The number of carbonyl (C=O) groups is 1. The van der Waals surface area contributed by atoms with Crippen LogP contribution in [-0.2, 0) is 16.8 Å². The van der Waals surface area contributed by atoms with Gasteiger partial charge in [0.05, 0.1) is 30.9 Å². The van der Waals surface area contributed by atoms with Gasteiger partial charge in [-0.1, -0.05) is 56.3 Å². The summed E-state index contributed by atoms with van der Waals surface area (Å²) in [6, 6.07) is 20.6. The number of aliphatic hydroxyl groups is 1. The minimum absolute atomic E-state index is 0.0891.